The molecule has 2 N–H and O–H groups in total. The monoisotopic (exact) mass is 346 g/mol. The van der Waals surface area contributed by atoms with Gasteiger partial charge in [0.05, 0.1) is 6.20 Å². The van der Waals surface area contributed by atoms with Crippen molar-refractivity contribution in [1.29, 1.82) is 0 Å². The third-order valence-electron chi connectivity index (χ3n) is 4.21. The van der Waals surface area contributed by atoms with Gasteiger partial charge in [-0.15, -0.1) is 11.3 Å². The van der Waals surface area contributed by atoms with Crippen LogP contribution in [0.1, 0.15) is 48.2 Å². The van der Waals surface area contributed by atoms with Gasteiger partial charge >= 0.3 is 5.97 Å². The van der Waals surface area contributed by atoms with Crippen molar-refractivity contribution in [2.24, 2.45) is 0 Å². The van der Waals surface area contributed by atoms with E-state index in [-0.39, 0.29) is 0 Å². The van der Waals surface area contributed by atoms with Crippen LogP contribution >= 0.6 is 11.3 Å². The first kappa shape index (κ1) is 16.5. The second kappa shape index (κ2) is 7.04. The Hall–Kier alpha value is -2.35. The third kappa shape index (κ3) is 3.43. The number of carbonyl (C=O) groups excluding carboxylic acids is 1. The summed E-state index contributed by atoms with van der Waals surface area (Å²) < 4.78 is 0. The lowest BCUT2D eigenvalue weighted by molar-refractivity contribution is -0.145. The Balaban J connectivity index is 1.79. The molecular weight excluding hydrogens is 328 g/mol. The topological polar surface area (TPSA) is 105 Å². The summed E-state index contributed by atoms with van der Waals surface area (Å²) in [6, 6.07) is 1.70. The molecule has 1 fully saturated rings. The molecule has 1 aliphatic rings. The van der Waals surface area contributed by atoms with Gasteiger partial charge in [-0.25, -0.2) is 19.7 Å². The largest absolute Gasteiger partial charge is 0.480 e. The molecule has 7 nitrogen and oxygen atoms in total. The smallest absolute Gasteiger partial charge is 0.329 e. The molecule has 0 unspecified atom stereocenters. The molecule has 2 aromatic heterocycles. The lowest BCUT2D eigenvalue weighted by atomic mass is 9.90. The zero-order valence-electron chi connectivity index (χ0n) is 13.1. The minimum Gasteiger partial charge on any atom is -0.480 e. The lowest BCUT2D eigenvalue weighted by Crippen LogP contribution is -2.54. The summed E-state index contributed by atoms with van der Waals surface area (Å²) in [6.07, 6.45) is 9.18. The molecule has 0 atom stereocenters. The van der Waals surface area contributed by atoms with E-state index < -0.39 is 17.4 Å². The number of carbonyl (C=O) groups is 2. The highest BCUT2D eigenvalue weighted by atomic mass is 32.1. The van der Waals surface area contributed by atoms with Crippen molar-refractivity contribution in [2.75, 3.05) is 0 Å². The molecule has 3 rings (SSSR count). The quantitative estimate of drug-likeness (QED) is 0.824. The van der Waals surface area contributed by atoms with Gasteiger partial charge in [0.15, 0.2) is 10.8 Å². The maximum atomic E-state index is 12.5. The second-order valence-electron chi connectivity index (χ2n) is 5.86. The van der Waals surface area contributed by atoms with Crippen LogP contribution < -0.4 is 5.32 Å². The van der Waals surface area contributed by atoms with Crippen molar-refractivity contribution in [2.45, 2.75) is 44.1 Å². The molecule has 24 heavy (non-hydrogen) atoms. The van der Waals surface area contributed by atoms with Crippen LogP contribution in [-0.4, -0.2) is 37.5 Å². The summed E-state index contributed by atoms with van der Waals surface area (Å²) in [5, 5.41) is 12.9. The maximum absolute atomic E-state index is 12.5. The Kier molecular flexibility index (Phi) is 4.84. The van der Waals surface area contributed by atoms with E-state index in [1.165, 1.54) is 6.20 Å². The van der Waals surface area contributed by atoms with E-state index in [1.807, 2.05) is 0 Å². The Morgan fingerprint density at radius 2 is 1.75 bits per heavy atom. The summed E-state index contributed by atoms with van der Waals surface area (Å²) >= 11 is 1.16. The van der Waals surface area contributed by atoms with E-state index in [0.29, 0.717) is 28.6 Å². The van der Waals surface area contributed by atoms with Crippen molar-refractivity contribution in [3.63, 3.8) is 0 Å². The molecule has 0 aromatic carbocycles. The van der Waals surface area contributed by atoms with Gasteiger partial charge in [0, 0.05) is 12.4 Å². The van der Waals surface area contributed by atoms with Crippen LogP contribution in [0.3, 0.4) is 0 Å². The number of carboxylic acid groups (broad SMARTS) is 1. The predicted molar refractivity (Wildman–Crippen MR) is 88.7 cm³/mol. The van der Waals surface area contributed by atoms with Crippen LogP contribution in [0.15, 0.2) is 24.7 Å². The molecule has 1 aliphatic carbocycles. The van der Waals surface area contributed by atoms with Gasteiger partial charge in [-0.2, -0.15) is 0 Å². The molecule has 2 aromatic rings. The van der Waals surface area contributed by atoms with Gasteiger partial charge < -0.3 is 10.4 Å². The first-order valence-electron chi connectivity index (χ1n) is 7.90. The SMILES string of the molecule is O=C(NC1(C(=O)O)CCCCCC1)c1cnc(-c2ncccn2)s1. The van der Waals surface area contributed by atoms with Gasteiger partial charge in [0.25, 0.3) is 5.91 Å². The van der Waals surface area contributed by atoms with Gasteiger partial charge in [0.2, 0.25) is 0 Å². The fraction of sp³-hybridized carbons (Fsp3) is 0.438. The third-order valence-corrected chi connectivity index (χ3v) is 5.20. The van der Waals surface area contributed by atoms with Crippen LogP contribution in [0.2, 0.25) is 0 Å². The van der Waals surface area contributed by atoms with Gasteiger partial charge in [-0.05, 0) is 18.9 Å². The standard InChI is InChI=1S/C16H18N4O3S/c21-13(20-16(15(22)23)6-3-1-2-4-7-16)11-10-19-14(24-11)12-17-8-5-9-18-12/h5,8-10H,1-4,6-7H2,(H,20,21)(H,22,23). The minimum atomic E-state index is -1.18. The van der Waals surface area contributed by atoms with Crippen molar-refractivity contribution < 1.29 is 14.7 Å². The lowest BCUT2D eigenvalue weighted by Gasteiger charge is -2.28. The Labute approximate surface area is 143 Å². The highest BCUT2D eigenvalue weighted by molar-refractivity contribution is 7.16. The van der Waals surface area contributed by atoms with Gasteiger partial charge in [0.1, 0.15) is 10.4 Å². The number of amides is 1. The van der Waals surface area contributed by atoms with E-state index in [1.54, 1.807) is 18.5 Å². The first-order chi connectivity index (χ1) is 11.6. The summed E-state index contributed by atoms with van der Waals surface area (Å²) in [5.74, 6) is -0.920. The summed E-state index contributed by atoms with van der Waals surface area (Å²) in [5.41, 5.74) is -1.18. The average Bonchev–Trinajstić information content (AvgIpc) is 2.97. The molecule has 0 radical (unpaired) electrons. The number of nitrogens with zero attached hydrogens (tertiary/aromatic N) is 3. The molecule has 0 spiro atoms. The Morgan fingerprint density at radius 1 is 1.08 bits per heavy atom. The molecule has 0 saturated heterocycles. The number of aromatic nitrogens is 3. The molecule has 8 heteroatoms. The molecule has 126 valence electrons. The number of thiazole rings is 1. The van der Waals surface area contributed by atoms with E-state index >= 15 is 0 Å². The van der Waals surface area contributed by atoms with Crippen LogP contribution in [0.5, 0.6) is 0 Å². The minimum absolute atomic E-state index is 0.363. The van der Waals surface area contributed by atoms with Crippen LogP contribution in [0.4, 0.5) is 0 Å². The molecule has 0 aliphatic heterocycles. The van der Waals surface area contributed by atoms with Crippen LogP contribution in [-0.2, 0) is 4.79 Å². The number of rotatable bonds is 4. The number of hydrogen-bond donors (Lipinski definition) is 2. The van der Waals surface area contributed by atoms with E-state index in [9.17, 15) is 14.7 Å². The van der Waals surface area contributed by atoms with Crippen molar-refractivity contribution in [3.8, 4) is 10.8 Å². The summed E-state index contributed by atoms with van der Waals surface area (Å²) in [6.45, 7) is 0. The van der Waals surface area contributed by atoms with Crippen molar-refractivity contribution in [3.05, 3.63) is 29.5 Å². The Morgan fingerprint density at radius 3 is 2.38 bits per heavy atom. The molecule has 0 bridgehead atoms. The van der Waals surface area contributed by atoms with Gasteiger partial charge in [-0.1, -0.05) is 25.7 Å². The van der Waals surface area contributed by atoms with Gasteiger partial charge in [-0.3, -0.25) is 4.79 Å². The Bertz CT molecular complexity index is 724. The number of nitrogens with one attached hydrogen (secondary N) is 1. The highest BCUT2D eigenvalue weighted by Gasteiger charge is 2.40. The fourth-order valence-electron chi connectivity index (χ4n) is 2.90. The number of carboxylic acids is 1. The molecular formula is C16H18N4O3S. The van der Waals surface area contributed by atoms with Crippen LogP contribution in [0.25, 0.3) is 10.8 Å². The highest BCUT2D eigenvalue weighted by Crippen LogP contribution is 2.29. The molecule has 1 saturated carbocycles. The summed E-state index contributed by atoms with van der Waals surface area (Å²) in [7, 11) is 0. The average molecular weight is 346 g/mol. The zero-order valence-corrected chi connectivity index (χ0v) is 13.9. The maximum Gasteiger partial charge on any atom is 0.329 e. The number of aliphatic carboxylic acids is 1. The van der Waals surface area contributed by atoms with E-state index in [0.717, 1.165) is 37.0 Å². The van der Waals surface area contributed by atoms with E-state index in [2.05, 4.69) is 20.3 Å². The normalized spacial score (nSPS) is 17.0. The van der Waals surface area contributed by atoms with E-state index in [4.69, 9.17) is 0 Å². The fourth-order valence-corrected chi connectivity index (χ4v) is 3.65. The molecule has 2 heterocycles. The second-order valence-corrected chi connectivity index (χ2v) is 6.89. The first-order valence-corrected chi connectivity index (χ1v) is 8.71. The van der Waals surface area contributed by atoms with Crippen LogP contribution in [0, 0.1) is 0 Å². The predicted octanol–water partition coefficient (Wildman–Crippen LogP) is 2.51. The van der Waals surface area contributed by atoms with Crippen molar-refractivity contribution >= 4 is 23.2 Å². The summed E-state index contributed by atoms with van der Waals surface area (Å²) in [4.78, 5) is 37.1. The molecule has 1 amide bonds. The van der Waals surface area contributed by atoms with Crippen molar-refractivity contribution in [1.82, 2.24) is 20.3 Å². The number of hydrogen-bond acceptors (Lipinski definition) is 6. The zero-order chi connectivity index (χ0) is 17.0.